The molecule has 40 heavy (non-hydrogen) atoms. The molecule has 0 spiro atoms. The van der Waals surface area contributed by atoms with Gasteiger partial charge in [0.25, 0.3) is 5.91 Å². The minimum atomic E-state index is -2.81. The number of hydrogen-bond donors (Lipinski definition) is 0. The fourth-order valence-corrected chi connectivity index (χ4v) is 6.21. The molecular formula is C32H44F2N4O2. The van der Waals surface area contributed by atoms with E-state index in [2.05, 4.69) is 16.8 Å². The monoisotopic (exact) mass is 554 g/mol. The van der Waals surface area contributed by atoms with E-state index < -0.39 is 12.3 Å². The lowest BCUT2D eigenvalue weighted by Crippen LogP contribution is -2.58. The van der Waals surface area contributed by atoms with Crippen molar-refractivity contribution < 1.29 is 18.4 Å². The van der Waals surface area contributed by atoms with Gasteiger partial charge >= 0.3 is 0 Å². The number of nitrogens with zero attached hydrogens (tertiary/aromatic N) is 4. The first-order chi connectivity index (χ1) is 19.0. The van der Waals surface area contributed by atoms with E-state index in [1.807, 2.05) is 60.0 Å². The van der Waals surface area contributed by atoms with E-state index in [1.54, 1.807) is 6.20 Å². The van der Waals surface area contributed by atoms with Crippen LogP contribution in [-0.2, 0) is 11.3 Å². The molecule has 0 aliphatic carbocycles. The Balaban J connectivity index is 1.37. The van der Waals surface area contributed by atoms with Crippen LogP contribution in [0.2, 0.25) is 0 Å². The highest BCUT2D eigenvalue weighted by molar-refractivity contribution is 5.96. The molecule has 8 heteroatoms. The van der Waals surface area contributed by atoms with Crippen LogP contribution in [0.4, 0.5) is 8.78 Å². The topological polar surface area (TPSA) is 56.8 Å². The first-order valence-electron chi connectivity index (χ1n) is 14.7. The van der Waals surface area contributed by atoms with Gasteiger partial charge in [-0.05, 0) is 63.6 Å². The van der Waals surface area contributed by atoms with Crippen LogP contribution < -0.4 is 0 Å². The number of aromatic nitrogens is 1. The number of alkyl halides is 2. The summed E-state index contributed by atoms with van der Waals surface area (Å²) >= 11 is 0. The molecular weight excluding hydrogens is 510 g/mol. The summed E-state index contributed by atoms with van der Waals surface area (Å²) in [7, 11) is 0. The fourth-order valence-electron chi connectivity index (χ4n) is 6.21. The predicted octanol–water partition coefficient (Wildman–Crippen LogP) is 6.01. The molecule has 2 aliphatic rings. The maximum absolute atomic E-state index is 14.0. The van der Waals surface area contributed by atoms with Crippen LogP contribution in [0.15, 0.2) is 42.6 Å². The Hall–Kier alpha value is -2.87. The number of carbonyl (C=O) groups is 2. The molecule has 1 aromatic heterocycles. The zero-order chi connectivity index (χ0) is 28.9. The Morgan fingerprint density at radius 2 is 1.70 bits per heavy atom. The molecule has 2 aliphatic heterocycles. The van der Waals surface area contributed by atoms with Crippen molar-refractivity contribution in [1.82, 2.24) is 19.7 Å². The van der Waals surface area contributed by atoms with Gasteiger partial charge in [-0.15, -0.1) is 0 Å². The molecule has 0 atom stereocenters. The molecule has 4 rings (SSSR count). The molecule has 3 heterocycles. The number of benzene rings is 1. The summed E-state index contributed by atoms with van der Waals surface area (Å²) in [5, 5.41) is 0. The van der Waals surface area contributed by atoms with Crippen LogP contribution in [0.25, 0.3) is 0 Å². The minimum Gasteiger partial charge on any atom is -0.338 e. The maximum atomic E-state index is 14.0. The average Bonchev–Trinajstić information content (AvgIpc) is 2.95. The van der Waals surface area contributed by atoms with E-state index in [0.29, 0.717) is 25.2 Å². The van der Waals surface area contributed by atoms with E-state index in [0.717, 1.165) is 55.6 Å². The Morgan fingerprint density at radius 3 is 2.30 bits per heavy atom. The molecule has 0 radical (unpaired) electrons. The molecule has 1 aromatic carbocycles. The number of likely N-dealkylation sites (tertiary alicyclic amines) is 2. The zero-order valence-corrected chi connectivity index (χ0v) is 24.5. The van der Waals surface area contributed by atoms with Crippen molar-refractivity contribution in [2.24, 2.45) is 0 Å². The molecule has 2 aromatic rings. The summed E-state index contributed by atoms with van der Waals surface area (Å²) in [5.41, 5.74) is 3.45. The van der Waals surface area contributed by atoms with Crippen molar-refractivity contribution in [2.45, 2.75) is 96.7 Å². The second-order valence-electron chi connectivity index (χ2n) is 11.8. The predicted molar refractivity (Wildman–Crippen MR) is 153 cm³/mol. The Bertz CT molecular complexity index is 1140. The van der Waals surface area contributed by atoms with Crippen LogP contribution in [-0.4, -0.2) is 75.2 Å². The van der Waals surface area contributed by atoms with Gasteiger partial charge in [-0.25, -0.2) is 8.78 Å². The number of rotatable bonds is 9. The van der Waals surface area contributed by atoms with Gasteiger partial charge < -0.3 is 9.80 Å². The summed E-state index contributed by atoms with van der Waals surface area (Å²) < 4.78 is 27.9. The first-order valence-corrected chi connectivity index (χ1v) is 14.7. The number of hydrogen-bond acceptors (Lipinski definition) is 4. The van der Waals surface area contributed by atoms with Gasteiger partial charge in [0, 0.05) is 69.8 Å². The molecule has 0 saturated carbocycles. The SMILES string of the molecule is CCC(F)(F)CCC(=O)N(Cc1ccccc1)C1CCN(C2(C)CCN(C(=O)c3c(C)ccnc3C)CC2)CC1. The Morgan fingerprint density at radius 1 is 1.05 bits per heavy atom. The van der Waals surface area contributed by atoms with Gasteiger partial charge in [0.05, 0.1) is 11.3 Å². The molecule has 6 nitrogen and oxygen atoms in total. The van der Waals surface area contributed by atoms with Gasteiger partial charge in [-0.2, -0.15) is 0 Å². The van der Waals surface area contributed by atoms with Crippen molar-refractivity contribution in [3.8, 4) is 0 Å². The highest BCUT2D eigenvalue weighted by atomic mass is 19.3. The Labute approximate surface area is 237 Å². The van der Waals surface area contributed by atoms with E-state index >= 15 is 0 Å². The molecule has 0 bridgehead atoms. The van der Waals surface area contributed by atoms with Crippen molar-refractivity contribution in [1.29, 1.82) is 0 Å². The number of carbonyl (C=O) groups excluding carboxylic acids is 2. The zero-order valence-electron chi connectivity index (χ0n) is 24.5. The van der Waals surface area contributed by atoms with Crippen molar-refractivity contribution >= 4 is 11.8 Å². The van der Waals surface area contributed by atoms with Crippen LogP contribution in [0, 0.1) is 13.8 Å². The number of amides is 2. The van der Waals surface area contributed by atoms with Crippen LogP contribution >= 0.6 is 0 Å². The summed E-state index contributed by atoms with van der Waals surface area (Å²) in [5.74, 6) is -2.93. The van der Waals surface area contributed by atoms with E-state index in [4.69, 9.17) is 0 Å². The van der Waals surface area contributed by atoms with E-state index in [1.165, 1.54) is 6.92 Å². The molecule has 0 N–H and O–H groups in total. The number of aryl methyl sites for hydroxylation is 2. The lowest BCUT2D eigenvalue weighted by molar-refractivity contribution is -0.138. The van der Waals surface area contributed by atoms with Crippen LogP contribution in [0.3, 0.4) is 0 Å². The second kappa shape index (κ2) is 12.8. The van der Waals surface area contributed by atoms with Gasteiger partial charge in [-0.3, -0.25) is 19.5 Å². The maximum Gasteiger partial charge on any atom is 0.255 e. The van der Waals surface area contributed by atoms with E-state index in [-0.39, 0.29) is 36.2 Å². The lowest BCUT2D eigenvalue weighted by Gasteiger charge is -2.50. The molecule has 2 amide bonds. The van der Waals surface area contributed by atoms with E-state index in [9.17, 15) is 18.4 Å². The van der Waals surface area contributed by atoms with Crippen LogP contribution in [0.1, 0.15) is 86.0 Å². The van der Waals surface area contributed by atoms with Crippen LogP contribution in [0.5, 0.6) is 0 Å². The number of halogens is 2. The standard InChI is InChI=1S/C32H44F2N4O2/c1-5-32(33,34)15-11-28(39)38(23-26-9-7-6-8-10-26)27-13-19-37(20-14-27)31(4)16-21-36(22-17-31)30(40)29-24(2)12-18-35-25(29)3/h6-10,12,18,27H,5,11,13-17,19-23H2,1-4H3. The summed E-state index contributed by atoms with van der Waals surface area (Å²) in [6.07, 6.45) is 4.36. The number of pyridine rings is 1. The number of piperidine rings is 2. The molecule has 0 unspecified atom stereocenters. The fraction of sp³-hybridized carbons (Fsp3) is 0.594. The third-order valence-electron chi connectivity index (χ3n) is 9.10. The third kappa shape index (κ3) is 7.06. The normalized spacial score (nSPS) is 18.5. The van der Waals surface area contributed by atoms with Gasteiger partial charge in [0.2, 0.25) is 11.8 Å². The van der Waals surface area contributed by atoms with Crippen molar-refractivity contribution in [3.05, 3.63) is 65.0 Å². The molecule has 218 valence electrons. The second-order valence-corrected chi connectivity index (χ2v) is 11.8. The van der Waals surface area contributed by atoms with Crippen molar-refractivity contribution in [3.63, 3.8) is 0 Å². The minimum absolute atomic E-state index is 0.0156. The van der Waals surface area contributed by atoms with Gasteiger partial charge in [0.1, 0.15) is 0 Å². The first kappa shape index (κ1) is 30.1. The highest BCUT2D eigenvalue weighted by Crippen LogP contribution is 2.34. The molecule has 2 saturated heterocycles. The van der Waals surface area contributed by atoms with Gasteiger partial charge in [-0.1, -0.05) is 37.3 Å². The lowest BCUT2D eigenvalue weighted by atomic mass is 9.85. The Kier molecular flexibility index (Phi) is 9.60. The van der Waals surface area contributed by atoms with Crippen molar-refractivity contribution in [2.75, 3.05) is 26.2 Å². The summed E-state index contributed by atoms with van der Waals surface area (Å²) in [6.45, 7) is 11.1. The average molecular weight is 555 g/mol. The summed E-state index contributed by atoms with van der Waals surface area (Å²) in [6, 6.07) is 11.7. The largest absolute Gasteiger partial charge is 0.338 e. The third-order valence-corrected chi connectivity index (χ3v) is 9.10. The van der Waals surface area contributed by atoms with Gasteiger partial charge in [0.15, 0.2) is 0 Å². The highest BCUT2D eigenvalue weighted by Gasteiger charge is 2.40. The quantitative estimate of drug-likeness (QED) is 0.381. The molecule has 2 fully saturated rings. The smallest absolute Gasteiger partial charge is 0.255 e. The summed E-state index contributed by atoms with van der Waals surface area (Å²) in [4.78, 5) is 37.2.